The summed E-state index contributed by atoms with van der Waals surface area (Å²) in [6.45, 7) is 3.87. The third-order valence-corrected chi connectivity index (χ3v) is 3.99. The van der Waals surface area contributed by atoms with E-state index >= 15 is 0 Å². The second-order valence-electron chi connectivity index (χ2n) is 5.39. The van der Waals surface area contributed by atoms with Gasteiger partial charge in [0.05, 0.1) is 6.10 Å². The molecule has 1 aliphatic heterocycles. The van der Waals surface area contributed by atoms with E-state index in [2.05, 4.69) is 18.9 Å². The van der Waals surface area contributed by atoms with Crippen molar-refractivity contribution in [2.75, 3.05) is 20.2 Å². The highest BCUT2D eigenvalue weighted by Crippen LogP contribution is 2.20. The summed E-state index contributed by atoms with van der Waals surface area (Å²) in [5, 5.41) is 0. The van der Waals surface area contributed by atoms with Crippen LogP contribution in [0.4, 0.5) is 4.39 Å². The number of halogens is 1. The van der Waals surface area contributed by atoms with E-state index in [4.69, 9.17) is 10.5 Å². The highest BCUT2D eigenvalue weighted by Gasteiger charge is 2.23. The van der Waals surface area contributed by atoms with Crippen molar-refractivity contribution in [3.05, 3.63) is 35.6 Å². The van der Waals surface area contributed by atoms with E-state index in [1.54, 1.807) is 12.1 Å². The molecular formula is C15H23FN2O. The van der Waals surface area contributed by atoms with Crippen LogP contribution in [0.25, 0.3) is 0 Å². The number of likely N-dealkylation sites (N-methyl/N-ethyl adjacent to an activating group) is 1. The predicted molar refractivity (Wildman–Crippen MR) is 74.4 cm³/mol. The highest BCUT2D eigenvalue weighted by atomic mass is 19.1. The van der Waals surface area contributed by atoms with Crippen molar-refractivity contribution in [1.82, 2.24) is 4.90 Å². The number of hydrogen-bond acceptors (Lipinski definition) is 3. The Labute approximate surface area is 114 Å². The van der Waals surface area contributed by atoms with Gasteiger partial charge in [0.1, 0.15) is 5.82 Å². The Bertz CT molecular complexity index is 390. The van der Waals surface area contributed by atoms with Gasteiger partial charge in [-0.2, -0.15) is 0 Å². The number of nitrogens with two attached hydrogens (primary N) is 1. The first-order valence-corrected chi connectivity index (χ1v) is 6.91. The lowest BCUT2D eigenvalue weighted by Crippen LogP contribution is -2.42. The van der Waals surface area contributed by atoms with Crippen LogP contribution in [0.5, 0.6) is 0 Å². The van der Waals surface area contributed by atoms with Crippen molar-refractivity contribution < 1.29 is 9.13 Å². The molecule has 2 N–H and O–H groups in total. The molecule has 1 fully saturated rings. The Morgan fingerprint density at radius 3 is 2.68 bits per heavy atom. The van der Waals surface area contributed by atoms with Crippen molar-refractivity contribution in [2.45, 2.75) is 38.0 Å². The lowest BCUT2D eigenvalue weighted by Gasteiger charge is -2.31. The van der Waals surface area contributed by atoms with Gasteiger partial charge in [0.2, 0.25) is 0 Å². The van der Waals surface area contributed by atoms with E-state index < -0.39 is 0 Å². The van der Waals surface area contributed by atoms with Gasteiger partial charge in [-0.15, -0.1) is 0 Å². The van der Waals surface area contributed by atoms with Gasteiger partial charge >= 0.3 is 0 Å². The van der Waals surface area contributed by atoms with Crippen molar-refractivity contribution in [1.29, 1.82) is 0 Å². The topological polar surface area (TPSA) is 38.5 Å². The van der Waals surface area contributed by atoms with Gasteiger partial charge in [0.25, 0.3) is 0 Å². The number of benzene rings is 1. The van der Waals surface area contributed by atoms with E-state index in [0.29, 0.717) is 6.10 Å². The molecule has 0 radical (unpaired) electrons. The van der Waals surface area contributed by atoms with Crippen molar-refractivity contribution in [2.24, 2.45) is 5.73 Å². The summed E-state index contributed by atoms with van der Waals surface area (Å²) >= 11 is 0. The fourth-order valence-electron chi connectivity index (χ4n) is 2.51. The molecule has 0 amide bonds. The fourth-order valence-corrected chi connectivity index (χ4v) is 2.51. The van der Waals surface area contributed by atoms with Crippen LogP contribution in [0.3, 0.4) is 0 Å². The molecule has 0 bridgehead atoms. The lowest BCUT2D eigenvalue weighted by molar-refractivity contribution is 0.0664. The molecule has 3 unspecified atom stereocenters. The summed E-state index contributed by atoms with van der Waals surface area (Å²) in [7, 11) is 2.07. The number of nitrogens with zero attached hydrogens (tertiary/aromatic N) is 1. The van der Waals surface area contributed by atoms with E-state index in [9.17, 15) is 4.39 Å². The highest BCUT2D eigenvalue weighted by molar-refractivity contribution is 5.20. The monoisotopic (exact) mass is 266 g/mol. The maximum Gasteiger partial charge on any atom is 0.123 e. The van der Waals surface area contributed by atoms with Crippen molar-refractivity contribution in [3.8, 4) is 0 Å². The Morgan fingerprint density at radius 1 is 1.42 bits per heavy atom. The van der Waals surface area contributed by atoms with Gasteiger partial charge in [-0.05, 0) is 44.5 Å². The number of rotatable bonds is 5. The smallest absolute Gasteiger partial charge is 0.123 e. The zero-order valence-corrected chi connectivity index (χ0v) is 11.7. The van der Waals surface area contributed by atoms with Crippen LogP contribution < -0.4 is 5.73 Å². The van der Waals surface area contributed by atoms with Crippen LogP contribution >= 0.6 is 0 Å². The standard InChI is InChI=1S/C15H23FN2O/c1-11(18(2)10-14-4-3-9-19-14)15(17)12-5-7-13(16)8-6-12/h5-8,11,14-15H,3-4,9-10,17H2,1-2H3. The molecule has 0 saturated carbocycles. The molecule has 1 saturated heterocycles. The molecule has 1 aliphatic rings. The summed E-state index contributed by atoms with van der Waals surface area (Å²) in [5.74, 6) is -0.226. The number of ether oxygens (including phenoxy) is 1. The second kappa shape index (κ2) is 6.46. The summed E-state index contributed by atoms with van der Waals surface area (Å²) in [4.78, 5) is 2.23. The SMILES string of the molecule is CC(C(N)c1ccc(F)cc1)N(C)CC1CCCO1. The maximum absolute atomic E-state index is 12.9. The Balaban J connectivity index is 1.93. The molecule has 1 heterocycles. The molecule has 0 aromatic heterocycles. The molecule has 3 atom stereocenters. The first-order valence-electron chi connectivity index (χ1n) is 6.91. The first-order chi connectivity index (χ1) is 9.08. The third-order valence-electron chi connectivity index (χ3n) is 3.99. The van der Waals surface area contributed by atoms with Crippen LogP contribution in [0.1, 0.15) is 31.4 Å². The minimum Gasteiger partial charge on any atom is -0.377 e. The summed E-state index contributed by atoms with van der Waals surface area (Å²) in [5.41, 5.74) is 7.22. The van der Waals surface area contributed by atoms with E-state index in [1.165, 1.54) is 12.1 Å². The van der Waals surface area contributed by atoms with Crippen molar-refractivity contribution >= 4 is 0 Å². The average molecular weight is 266 g/mol. The first kappa shape index (κ1) is 14.4. The minimum absolute atomic E-state index is 0.119. The van der Waals surface area contributed by atoms with Gasteiger partial charge < -0.3 is 10.5 Å². The fraction of sp³-hybridized carbons (Fsp3) is 0.600. The average Bonchev–Trinajstić information content (AvgIpc) is 2.90. The van der Waals surface area contributed by atoms with Crippen LogP contribution in [0.2, 0.25) is 0 Å². The van der Waals surface area contributed by atoms with Gasteiger partial charge in [-0.25, -0.2) is 4.39 Å². The quantitative estimate of drug-likeness (QED) is 0.889. The van der Waals surface area contributed by atoms with Gasteiger partial charge in [0, 0.05) is 25.2 Å². The molecule has 19 heavy (non-hydrogen) atoms. The second-order valence-corrected chi connectivity index (χ2v) is 5.39. The molecule has 1 aromatic rings. The van der Waals surface area contributed by atoms with Gasteiger partial charge in [-0.1, -0.05) is 12.1 Å². The number of hydrogen-bond donors (Lipinski definition) is 1. The zero-order chi connectivity index (χ0) is 13.8. The minimum atomic E-state index is -0.226. The summed E-state index contributed by atoms with van der Waals surface area (Å²) in [6.07, 6.45) is 2.60. The molecule has 0 spiro atoms. The largest absolute Gasteiger partial charge is 0.377 e. The predicted octanol–water partition coefficient (Wildman–Crippen LogP) is 2.32. The van der Waals surface area contributed by atoms with Crippen LogP contribution in [-0.2, 0) is 4.74 Å². The molecule has 2 rings (SSSR count). The van der Waals surface area contributed by atoms with E-state index in [-0.39, 0.29) is 17.9 Å². The van der Waals surface area contributed by atoms with E-state index in [1.807, 2.05) is 0 Å². The molecule has 0 aliphatic carbocycles. The van der Waals surface area contributed by atoms with E-state index in [0.717, 1.165) is 31.6 Å². The molecule has 3 nitrogen and oxygen atoms in total. The molecular weight excluding hydrogens is 243 g/mol. The summed E-state index contributed by atoms with van der Waals surface area (Å²) in [6, 6.07) is 6.51. The third kappa shape index (κ3) is 3.75. The summed E-state index contributed by atoms with van der Waals surface area (Å²) < 4.78 is 18.6. The lowest BCUT2D eigenvalue weighted by atomic mass is 10.00. The zero-order valence-electron chi connectivity index (χ0n) is 11.7. The molecule has 106 valence electrons. The Hall–Kier alpha value is -0.970. The van der Waals surface area contributed by atoms with Gasteiger partial charge in [-0.3, -0.25) is 4.90 Å². The van der Waals surface area contributed by atoms with Gasteiger partial charge in [0.15, 0.2) is 0 Å². The Morgan fingerprint density at radius 2 is 2.11 bits per heavy atom. The maximum atomic E-state index is 12.9. The van der Waals surface area contributed by atoms with Crippen LogP contribution in [-0.4, -0.2) is 37.2 Å². The molecule has 1 aromatic carbocycles. The van der Waals surface area contributed by atoms with Crippen LogP contribution in [0, 0.1) is 5.82 Å². The molecule has 4 heteroatoms. The van der Waals surface area contributed by atoms with Crippen LogP contribution in [0.15, 0.2) is 24.3 Å². The van der Waals surface area contributed by atoms with Crippen molar-refractivity contribution in [3.63, 3.8) is 0 Å². The normalized spacial score (nSPS) is 22.7. The Kier molecular flexibility index (Phi) is 4.91.